The van der Waals surface area contributed by atoms with Crippen molar-refractivity contribution in [1.29, 1.82) is 0 Å². The van der Waals surface area contributed by atoms with E-state index in [0.29, 0.717) is 0 Å². The summed E-state index contributed by atoms with van der Waals surface area (Å²) in [5.74, 6) is -0.233. The summed E-state index contributed by atoms with van der Waals surface area (Å²) in [6.45, 7) is 8.94. The molecule has 1 unspecified atom stereocenters. The summed E-state index contributed by atoms with van der Waals surface area (Å²) < 4.78 is -0.681. The van der Waals surface area contributed by atoms with Gasteiger partial charge in [0.05, 0.1) is 0 Å². The zero-order valence-corrected chi connectivity index (χ0v) is 15.5. The monoisotopic (exact) mass is 362 g/mol. The number of primary amides is 1. The molecule has 0 spiro atoms. The minimum atomic E-state index is -0.707. The first-order valence-corrected chi connectivity index (χ1v) is 9.50. The van der Waals surface area contributed by atoms with Crippen molar-refractivity contribution < 1.29 is 4.79 Å². The second-order valence-corrected chi connectivity index (χ2v) is 11.1. The van der Waals surface area contributed by atoms with Crippen molar-refractivity contribution >= 4 is 32.8 Å². The Morgan fingerprint density at radius 1 is 1.20 bits per heavy atom. The summed E-state index contributed by atoms with van der Waals surface area (Å²) in [6, 6.07) is 0. The first-order valence-electron chi connectivity index (χ1n) is 7.08. The van der Waals surface area contributed by atoms with Crippen LogP contribution in [0, 0.1) is 0 Å². The Labute approximate surface area is 133 Å². The van der Waals surface area contributed by atoms with Gasteiger partial charge in [-0.15, -0.1) is 0 Å². The molecule has 0 aliphatic carbocycles. The molecule has 2 rings (SSSR count). The molecule has 1 amide bonds. The van der Waals surface area contributed by atoms with E-state index in [1.807, 2.05) is 12.2 Å². The van der Waals surface area contributed by atoms with E-state index >= 15 is 0 Å². The van der Waals surface area contributed by atoms with E-state index in [1.54, 1.807) is 0 Å². The molecule has 114 valence electrons. The molecule has 0 aromatic carbocycles. The molecule has 0 radical (unpaired) electrons. The summed E-state index contributed by atoms with van der Waals surface area (Å²) in [5, 5.41) is 4.28. The fourth-order valence-electron chi connectivity index (χ4n) is 3.74. The van der Waals surface area contributed by atoms with Crippen molar-refractivity contribution in [2.24, 2.45) is 5.73 Å². The molecule has 3 nitrogen and oxygen atoms in total. The maximum absolute atomic E-state index is 12.4. The van der Waals surface area contributed by atoms with Crippen LogP contribution in [-0.4, -0.2) is 41.7 Å². The van der Waals surface area contributed by atoms with Crippen LogP contribution >= 0.6 is 10.9 Å². The van der Waals surface area contributed by atoms with Crippen molar-refractivity contribution in [3.8, 4) is 0 Å². The number of allylic oxidation sites excluding steroid dienone is 2. The molecule has 0 bridgehead atoms. The van der Waals surface area contributed by atoms with Gasteiger partial charge in [0, 0.05) is 0 Å². The summed E-state index contributed by atoms with van der Waals surface area (Å²) in [5.41, 5.74) is 5.81. The third-order valence-corrected chi connectivity index (χ3v) is 8.86. The Kier molecular flexibility index (Phi) is 4.20. The molecule has 2 heterocycles. The average molecular weight is 361 g/mol. The van der Waals surface area contributed by atoms with Gasteiger partial charge in [0.25, 0.3) is 0 Å². The first-order chi connectivity index (χ1) is 9.12. The number of nitrogens with two attached hydrogens (primary N) is 1. The summed E-state index contributed by atoms with van der Waals surface area (Å²) in [4.78, 5) is 14.8. The SMILES string of the molecule is CC1(C)CCCC(C)(C)N1C([SeH])(C(N)=O)[SH]1C=CC=C1. The second-order valence-electron chi connectivity index (χ2n) is 6.90. The number of likely N-dealkylation sites (tertiary alicyclic amines) is 1. The van der Waals surface area contributed by atoms with Crippen LogP contribution in [-0.2, 0) is 4.79 Å². The van der Waals surface area contributed by atoms with Gasteiger partial charge in [-0.25, -0.2) is 0 Å². The number of carbonyl (C=O) groups is 1. The number of thiol groups is 1. The van der Waals surface area contributed by atoms with Gasteiger partial charge in [-0.05, 0) is 0 Å². The Morgan fingerprint density at radius 2 is 1.65 bits per heavy atom. The van der Waals surface area contributed by atoms with Crippen LogP contribution in [0.1, 0.15) is 47.0 Å². The predicted octanol–water partition coefficient (Wildman–Crippen LogP) is 2.11. The minimum absolute atomic E-state index is 0.0314. The molecular formula is C15H26N2OSSe. The van der Waals surface area contributed by atoms with Crippen LogP contribution in [0.4, 0.5) is 0 Å². The van der Waals surface area contributed by atoms with Gasteiger partial charge in [0.15, 0.2) is 0 Å². The van der Waals surface area contributed by atoms with Gasteiger partial charge < -0.3 is 0 Å². The number of nitrogens with zero attached hydrogens (tertiary/aromatic N) is 1. The maximum atomic E-state index is 12.4. The summed E-state index contributed by atoms with van der Waals surface area (Å²) in [7, 11) is -0.707. The van der Waals surface area contributed by atoms with Gasteiger partial charge >= 0.3 is 133 Å². The molecule has 5 heteroatoms. The molecule has 2 aliphatic rings. The fraction of sp³-hybridized carbons (Fsp3) is 0.667. The van der Waals surface area contributed by atoms with Crippen molar-refractivity contribution in [2.75, 3.05) is 0 Å². The predicted molar refractivity (Wildman–Crippen MR) is 90.2 cm³/mol. The quantitative estimate of drug-likeness (QED) is 0.597. The van der Waals surface area contributed by atoms with Crippen LogP contribution in [0.15, 0.2) is 23.0 Å². The number of rotatable bonds is 3. The average Bonchev–Trinajstić information content (AvgIpc) is 2.79. The van der Waals surface area contributed by atoms with E-state index in [2.05, 4.69) is 59.4 Å². The molecular weight excluding hydrogens is 335 g/mol. The number of amides is 1. The Hall–Kier alpha value is -0.221. The molecule has 0 saturated carbocycles. The molecule has 0 aromatic rings. The van der Waals surface area contributed by atoms with Crippen molar-refractivity contribution in [1.82, 2.24) is 4.90 Å². The molecule has 1 fully saturated rings. The Morgan fingerprint density at radius 3 is 2.05 bits per heavy atom. The third kappa shape index (κ3) is 2.50. The van der Waals surface area contributed by atoms with Crippen molar-refractivity contribution in [2.45, 2.75) is 61.8 Å². The molecule has 2 N–H and O–H groups in total. The third-order valence-electron chi connectivity index (χ3n) is 4.39. The first kappa shape index (κ1) is 16.2. The van der Waals surface area contributed by atoms with E-state index in [4.69, 9.17) is 5.73 Å². The van der Waals surface area contributed by atoms with E-state index in [1.165, 1.54) is 6.42 Å². The van der Waals surface area contributed by atoms with Crippen LogP contribution in [0.2, 0.25) is 0 Å². The van der Waals surface area contributed by atoms with Gasteiger partial charge in [-0.2, -0.15) is 0 Å². The topological polar surface area (TPSA) is 46.3 Å². The zero-order valence-electron chi connectivity index (χ0n) is 12.8. The van der Waals surface area contributed by atoms with Gasteiger partial charge in [-0.3, -0.25) is 0 Å². The van der Waals surface area contributed by atoms with Gasteiger partial charge in [0.1, 0.15) is 0 Å². The molecule has 1 saturated heterocycles. The van der Waals surface area contributed by atoms with E-state index in [0.717, 1.165) is 12.8 Å². The van der Waals surface area contributed by atoms with Crippen LogP contribution in [0.25, 0.3) is 0 Å². The van der Waals surface area contributed by atoms with E-state index in [-0.39, 0.29) is 17.0 Å². The standard InChI is InChI=1S/C15H26N2OSSe/c1-13(2)8-7-9-14(3,4)17(13)15(20,12(16)18)19-10-5-6-11-19/h5-6,10-11,19-20H,7-9H2,1-4H3,(H2,16,18). The number of carbonyl (C=O) groups excluding carboxylic acids is 1. The van der Waals surface area contributed by atoms with Crippen molar-refractivity contribution in [3.63, 3.8) is 0 Å². The van der Waals surface area contributed by atoms with Gasteiger partial charge in [-0.1, -0.05) is 0 Å². The number of hydrogen-bond acceptors (Lipinski definition) is 2. The van der Waals surface area contributed by atoms with E-state index in [9.17, 15) is 4.79 Å². The Bertz CT molecular complexity index is 444. The molecule has 0 aromatic heterocycles. The van der Waals surface area contributed by atoms with Crippen LogP contribution in [0.3, 0.4) is 0 Å². The van der Waals surface area contributed by atoms with Crippen LogP contribution in [0.5, 0.6) is 0 Å². The van der Waals surface area contributed by atoms with Crippen molar-refractivity contribution in [3.05, 3.63) is 23.0 Å². The summed E-state index contributed by atoms with van der Waals surface area (Å²) in [6.07, 6.45) is 7.45. The Balaban J connectivity index is 2.53. The molecule has 2 aliphatic heterocycles. The van der Waals surface area contributed by atoms with E-state index < -0.39 is 14.7 Å². The number of hydrogen-bond donors (Lipinski definition) is 2. The number of piperidine rings is 1. The fourth-order valence-corrected chi connectivity index (χ4v) is 7.82. The van der Waals surface area contributed by atoms with Crippen LogP contribution < -0.4 is 5.73 Å². The normalized spacial score (nSPS) is 29.4. The molecule has 20 heavy (non-hydrogen) atoms. The zero-order chi connectivity index (χ0) is 15.2. The summed E-state index contributed by atoms with van der Waals surface area (Å²) >= 11 is 2.61. The second kappa shape index (κ2) is 5.20. The van der Waals surface area contributed by atoms with Gasteiger partial charge in [0.2, 0.25) is 0 Å². The molecule has 1 atom stereocenters.